The minimum atomic E-state index is 0.296. The largest absolute Gasteiger partial charge is 0.409 e. The van der Waals surface area contributed by atoms with Crippen molar-refractivity contribution < 1.29 is 5.21 Å². The molecule has 4 N–H and O–H groups in total. The summed E-state index contributed by atoms with van der Waals surface area (Å²) in [6, 6.07) is 8.28. The third kappa shape index (κ3) is 4.95. The zero-order chi connectivity index (χ0) is 13.4. The van der Waals surface area contributed by atoms with E-state index in [4.69, 9.17) is 10.9 Å². The number of hydrogen-bond donors (Lipinski definition) is 3. The lowest BCUT2D eigenvalue weighted by molar-refractivity contribution is 0.316. The van der Waals surface area contributed by atoms with Crippen molar-refractivity contribution in [1.82, 2.24) is 0 Å². The number of rotatable bonds is 7. The van der Waals surface area contributed by atoms with Crippen LogP contribution in [0.1, 0.15) is 19.3 Å². The Morgan fingerprint density at radius 2 is 2.17 bits per heavy atom. The van der Waals surface area contributed by atoms with Gasteiger partial charge >= 0.3 is 0 Å². The second-order valence-electron chi connectivity index (χ2n) is 4.42. The Bertz CT molecular complexity index is 390. The van der Waals surface area contributed by atoms with Gasteiger partial charge in [-0.05, 0) is 31.0 Å². The van der Waals surface area contributed by atoms with Crippen LogP contribution in [0.15, 0.2) is 29.4 Å². The van der Waals surface area contributed by atoms with Crippen molar-refractivity contribution in [3.63, 3.8) is 0 Å². The highest BCUT2D eigenvalue weighted by Crippen LogP contribution is 2.17. The van der Waals surface area contributed by atoms with E-state index < -0.39 is 0 Å². The van der Waals surface area contributed by atoms with E-state index in [1.54, 1.807) is 0 Å². The predicted octanol–water partition coefficient (Wildman–Crippen LogP) is 2.08. The van der Waals surface area contributed by atoms with Crippen LogP contribution in [0.4, 0.5) is 11.4 Å². The van der Waals surface area contributed by atoms with Crippen LogP contribution >= 0.6 is 0 Å². The van der Waals surface area contributed by atoms with Crippen LogP contribution in [0.5, 0.6) is 0 Å². The van der Waals surface area contributed by atoms with Crippen LogP contribution < -0.4 is 16.0 Å². The molecule has 0 bridgehead atoms. The summed E-state index contributed by atoms with van der Waals surface area (Å²) < 4.78 is 0. The van der Waals surface area contributed by atoms with E-state index in [0.717, 1.165) is 25.1 Å². The van der Waals surface area contributed by atoms with Crippen molar-refractivity contribution in [3.8, 4) is 0 Å². The predicted molar refractivity (Wildman–Crippen MR) is 76.5 cm³/mol. The van der Waals surface area contributed by atoms with Gasteiger partial charge in [-0.3, -0.25) is 0 Å². The Morgan fingerprint density at radius 1 is 1.39 bits per heavy atom. The molecule has 0 fully saturated rings. The van der Waals surface area contributed by atoms with Crippen LogP contribution in [-0.4, -0.2) is 31.7 Å². The Kier molecular flexibility index (Phi) is 5.84. The van der Waals surface area contributed by atoms with E-state index in [0.29, 0.717) is 12.3 Å². The summed E-state index contributed by atoms with van der Waals surface area (Å²) in [5.41, 5.74) is 7.69. The Hall–Kier alpha value is -1.91. The topological polar surface area (TPSA) is 73.9 Å². The molecule has 5 heteroatoms. The van der Waals surface area contributed by atoms with Crippen molar-refractivity contribution in [2.45, 2.75) is 19.3 Å². The minimum Gasteiger partial charge on any atom is -0.409 e. The lowest BCUT2D eigenvalue weighted by Gasteiger charge is -2.14. The molecule has 0 saturated heterocycles. The quantitative estimate of drug-likeness (QED) is 0.228. The van der Waals surface area contributed by atoms with Crippen molar-refractivity contribution in [3.05, 3.63) is 24.3 Å². The Morgan fingerprint density at radius 3 is 2.83 bits per heavy atom. The van der Waals surface area contributed by atoms with Gasteiger partial charge in [-0.15, -0.1) is 0 Å². The lowest BCUT2D eigenvalue weighted by Crippen LogP contribution is -2.12. The summed E-state index contributed by atoms with van der Waals surface area (Å²) in [6.07, 6.45) is 2.54. The number of hydrogen-bond acceptors (Lipinski definition) is 4. The summed E-state index contributed by atoms with van der Waals surface area (Å²) in [4.78, 5) is 2.07. The van der Waals surface area contributed by atoms with Crippen LogP contribution in [-0.2, 0) is 0 Å². The second-order valence-corrected chi connectivity index (χ2v) is 4.42. The number of unbranched alkanes of at least 4 members (excludes halogenated alkanes) is 1. The standard InChI is InChI=1S/C13H22N4O/c1-17(2)12-7-5-6-11(10-12)15-9-4-3-8-13(14)16-18/h5-7,10,15,18H,3-4,8-9H2,1-2H3,(H2,14,16). The van der Waals surface area contributed by atoms with Crippen molar-refractivity contribution in [1.29, 1.82) is 0 Å². The Labute approximate surface area is 108 Å². The SMILES string of the molecule is CN(C)c1cccc(NCCCC/C(N)=N/O)c1. The first-order valence-corrected chi connectivity index (χ1v) is 6.11. The van der Waals surface area contributed by atoms with Gasteiger partial charge < -0.3 is 21.2 Å². The molecule has 0 aliphatic heterocycles. The zero-order valence-corrected chi connectivity index (χ0v) is 11.1. The first-order valence-electron chi connectivity index (χ1n) is 6.11. The van der Waals surface area contributed by atoms with E-state index in [1.165, 1.54) is 5.69 Å². The summed E-state index contributed by atoms with van der Waals surface area (Å²) in [5, 5.41) is 14.7. The van der Waals surface area contributed by atoms with Gasteiger partial charge in [-0.1, -0.05) is 11.2 Å². The molecule has 0 atom stereocenters. The normalized spacial score (nSPS) is 11.3. The van der Waals surface area contributed by atoms with Gasteiger partial charge in [-0.25, -0.2) is 0 Å². The van der Waals surface area contributed by atoms with Crippen LogP contribution in [0, 0.1) is 0 Å². The molecule has 0 aliphatic carbocycles. The maximum atomic E-state index is 8.39. The van der Waals surface area contributed by atoms with E-state index >= 15 is 0 Å². The van der Waals surface area contributed by atoms with Gasteiger partial charge in [-0.2, -0.15) is 0 Å². The first-order chi connectivity index (χ1) is 8.63. The molecular formula is C13H22N4O. The molecule has 1 aromatic rings. The molecule has 18 heavy (non-hydrogen) atoms. The fourth-order valence-electron chi connectivity index (χ4n) is 1.61. The molecule has 0 heterocycles. The number of anilines is 2. The summed E-state index contributed by atoms with van der Waals surface area (Å²) >= 11 is 0. The monoisotopic (exact) mass is 250 g/mol. The van der Waals surface area contributed by atoms with Gasteiger partial charge in [0.15, 0.2) is 0 Å². The first kappa shape index (κ1) is 14.2. The van der Waals surface area contributed by atoms with Gasteiger partial charge in [0.25, 0.3) is 0 Å². The number of amidine groups is 1. The minimum absolute atomic E-state index is 0.296. The number of oxime groups is 1. The van der Waals surface area contributed by atoms with E-state index in [1.807, 2.05) is 20.2 Å². The summed E-state index contributed by atoms with van der Waals surface area (Å²) in [7, 11) is 4.05. The number of nitrogens with one attached hydrogen (secondary N) is 1. The fraction of sp³-hybridized carbons (Fsp3) is 0.462. The maximum absolute atomic E-state index is 8.39. The van der Waals surface area contributed by atoms with Gasteiger partial charge in [0.2, 0.25) is 0 Å². The number of benzene rings is 1. The summed E-state index contributed by atoms with van der Waals surface area (Å²) in [5.74, 6) is 0.296. The van der Waals surface area contributed by atoms with E-state index in [-0.39, 0.29) is 0 Å². The van der Waals surface area contributed by atoms with Crippen molar-refractivity contribution in [2.75, 3.05) is 30.9 Å². The molecule has 0 aliphatic rings. The Balaban J connectivity index is 2.29. The van der Waals surface area contributed by atoms with Crippen LogP contribution in [0.25, 0.3) is 0 Å². The zero-order valence-electron chi connectivity index (χ0n) is 11.1. The lowest BCUT2D eigenvalue weighted by atomic mass is 10.2. The average Bonchev–Trinajstić information content (AvgIpc) is 2.38. The maximum Gasteiger partial charge on any atom is 0.139 e. The van der Waals surface area contributed by atoms with Gasteiger partial charge in [0, 0.05) is 38.4 Å². The van der Waals surface area contributed by atoms with Gasteiger partial charge in [0.05, 0.1) is 0 Å². The van der Waals surface area contributed by atoms with E-state index in [2.05, 4.69) is 33.6 Å². The third-order valence-corrected chi connectivity index (χ3v) is 2.68. The molecule has 0 saturated carbocycles. The highest BCUT2D eigenvalue weighted by Gasteiger charge is 1.98. The smallest absolute Gasteiger partial charge is 0.139 e. The number of nitrogens with two attached hydrogens (primary N) is 1. The molecule has 100 valence electrons. The molecule has 5 nitrogen and oxygen atoms in total. The van der Waals surface area contributed by atoms with Crippen LogP contribution in [0.2, 0.25) is 0 Å². The average molecular weight is 250 g/mol. The van der Waals surface area contributed by atoms with Crippen LogP contribution in [0.3, 0.4) is 0 Å². The number of nitrogens with zero attached hydrogens (tertiary/aromatic N) is 2. The fourth-order valence-corrected chi connectivity index (χ4v) is 1.61. The molecule has 0 spiro atoms. The molecule has 0 unspecified atom stereocenters. The van der Waals surface area contributed by atoms with Crippen molar-refractivity contribution >= 4 is 17.2 Å². The van der Waals surface area contributed by atoms with Crippen molar-refractivity contribution in [2.24, 2.45) is 10.9 Å². The molecule has 0 radical (unpaired) electrons. The third-order valence-electron chi connectivity index (χ3n) is 2.68. The van der Waals surface area contributed by atoms with Gasteiger partial charge in [0.1, 0.15) is 5.84 Å². The highest BCUT2D eigenvalue weighted by atomic mass is 16.4. The van der Waals surface area contributed by atoms with E-state index in [9.17, 15) is 0 Å². The second kappa shape index (κ2) is 7.42. The molecule has 0 aromatic heterocycles. The molecule has 0 amide bonds. The summed E-state index contributed by atoms with van der Waals surface area (Å²) in [6.45, 7) is 0.885. The molecule has 1 aromatic carbocycles. The molecule has 1 rings (SSSR count). The molecular weight excluding hydrogens is 228 g/mol. The highest BCUT2D eigenvalue weighted by molar-refractivity contribution is 5.79.